The van der Waals surface area contributed by atoms with Gasteiger partial charge in [-0.25, -0.2) is 0 Å². The minimum Gasteiger partial charge on any atom is -0.310 e. The second kappa shape index (κ2) is 15.4. The molecule has 0 N–H and O–H groups in total. The molecule has 1 atom stereocenters. The third-order valence-electron chi connectivity index (χ3n) is 15.3. The second-order valence-corrected chi connectivity index (χ2v) is 19.4. The summed E-state index contributed by atoms with van der Waals surface area (Å²) in [5, 5.41) is 5.07. The maximum atomic E-state index is 2.44. The van der Waals surface area contributed by atoms with Crippen molar-refractivity contribution in [3.8, 4) is 55.6 Å². The fraction of sp³-hybridized carbons (Fsp3) is 0.0746. The van der Waals surface area contributed by atoms with Crippen LogP contribution in [0.5, 0.6) is 0 Å². The zero-order chi connectivity index (χ0) is 45.6. The molecule has 2 aliphatic carbocycles. The first-order valence-corrected chi connectivity index (χ1v) is 23.9. The molecule has 322 valence electrons. The molecule has 1 heteroatoms. The first-order chi connectivity index (χ1) is 33.4. The number of hydrogen-bond acceptors (Lipinski definition) is 1. The molecular formula is C67H49N. The number of anilines is 3. The summed E-state index contributed by atoms with van der Waals surface area (Å²) < 4.78 is 0. The summed E-state index contributed by atoms with van der Waals surface area (Å²) >= 11 is 0. The summed E-state index contributed by atoms with van der Waals surface area (Å²) in [5.41, 5.74) is 22.4. The Morgan fingerprint density at radius 2 is 0.853 bits per heavy atom. The maximum Gasteiger partial charge on any atom is 0.0467 e. The number of rotatable bonds is 7. The summed E-state index contributed by atoms with van der Waals surface area (Å²) in [5.74, 6) is 0. The van der Waals surface area contributed by atoms with Crippen LogP contribution in [0.3, 0.4) is 0 Å². The maximum absolute atomic E-state index is 2.44. The van der Waals surface area contributed by atoms with Crippen LogP contribution in [0.15, 0.2) is 243 Å². The van der Waals surface area contributed by atoms with E-state index in [0.717, 1.165) is 17.1 Å². The fourth-order valence-electron chi connectivity index (χ4n) is 12.0. The molecule has 1 nitrogen and oxygen atoms in total. The fourth-order valence-corrected chi connectivity index (χ4v) is 12.0. The van der Waals surface area contributed by atoms with E-state index in [2.05, 4.69) is 268 Å². The molecule has 0 saturated heterocycles. The summed E-state index contributed by atoms with van der Waals surface area (Å²) in [6.45, 7) is 7.14. The lowest BCUT2D eigenvalue weighted by Crippen LogP contribution is -2.22. The van der Waals surface area contributed by atoms with Crippen LogP contribution in [0.2, 0.25) is 0 Å². The molecular weight excluding hydrogens is 819 g/mol. The molecule has 13 rings (SSSR count). The molecule has 2 aliphatic rings. The normalized spacial score (nSPS) is 15.2. The first kappa shape index (κ1) is 40.1. The zero-order valence-corrected chi connectivity index (χ0v) is 38.5. The Balaban J connectivity index is 0.928. The van der Waals surface area contributed by atoms with Gasteiger partial charge in [0.25, 0.3) is 0 Å². The van der Waals surface area contributed by atoms with E-state index in [-0.39, 0.29) is 10.8 Å². The Bertz CT molecular complexity index is 3770. The van der Waals surface area contributed by atoms with Crippen LogP contribution in [0, 0.1) is 0 Å². The number of hydrogen-bond donors (Lipinski definition) is 0. The molecule has 0 fully saturated rings. The Labute approximate surface area is 399 Å². The second-order valence-electron chi connectivity index (χ2n) is 19.4. The van der Waals surface area contributed by atoms with Crippen molar-refractivity contribution in [2.24, 2.45) is 0 Å². The lowest BCUT2D eigenvalue weighted by molar-refractivity contribution is 0.662. The minimum absolute atomic E-state index is 0.129. The van der Waals surface area contributed by atoms with Gasteiger partial charge in [0, 0.05) is 27.9 Å². The molecule has 0 aliphatic heterocycles. The highest BCUT2D eigenvalue weighted by atomic mass is 15.1. The predicted octanol–water partition coefficient (Wildman–Crippen LogP) is 18.1. The van der Waals surface area contributed by atoms with Crippen LogP contribution in [-0.4, -0.2) is 0 Å². The molecule has 1 unspecified atom stereocenters. The van der Waals surface area contributed by atoms with Crippen molar-refractivity contribution >= 4 is 38.6 Å². The summed E-state index contributed by atoms with van der Waals surface area (Å²) in [6, 6.07) is 90.2. The van der Waals surface area contributed by atoms with E-state index in [1.807, 2.05) is 0 Å². The smallest absolute Gasteiger partial charge is 0.0467 e. The summed E-state index contributed by atoms with van der Waals surface area (Å²) in [7, 11) is 0. The molecule has 0 heterocycles. The Morgan fingerprint density at radius 3 is 1.62 bits per heavy atom. The third-order valence-corrected chi connectivity index (χ3v) is 15.3. The largest absolute Gasteiger partial charge is 0.310 e. The highest BCUT2D eigenvalue weighted by Crippen LogP contribution is 2.54. The van der Waals surface area contributed by atoms with E-state index in [1.54, 1.807) is 0 Å². The predicted molar refractivity (Wildman–Crippen MR) is 287 cm³/mol. The molecule has 0 bridgehead atoms. The first-order valence-electron chi connectivity index (χ1n) is 23.9. The third kappa shape index (κ3) is 6.09. The van der Waals surface area contributed by atoms with Crippen molar-refractivity contribution in [1.29, 1.82) is 0 Å². The molecule has 11 aromatic rings. The zero-order valence-electron chi connectivity index (χ0n) is 38.5. The van der Waals surface area contributed by atoms with Gasteiger partial charge in [0.05, 0.1) is 0 Å². The summed E-state index contributed by atoms with van der Waals surface area (Å²) in [4.78, 5) is 2.42. The van der Waals surface area contributed by atoms with Gasteiger partial charge in [0.1, 0.15) is 0 Å². The van der Waals surface area contributed by atoms with Crippen LogP contribution in [0.1, 0.15) is 48.6 Å². The Kier molecular flexibility index (Phi) is 9.07. The van der Waals surface area contributed by atoms with Gasteiger partial charge in [-0.3, -0.25) is 0 Å². The topological polar surface area (TPSA) is 3.24 Å². The van der Waals surface area contributed by atoms with Gasteiger partial charge in [0.15, 0.2) is 0 Å². The molecule has 0 amide bonds. The van der Waals surface area contributed by atoms with Gasteiger partial charge < -0.3 is 4.90 Å². The molecule has 11 aromatic carbocycles. The molecule has 0 spiro atoms. The van der Waals surface area contributed by atoms with Crippen LogP contribution in [0.25, 0.3) is 77.2 Å². The number of fused-ring (bicyclic) bond motifs is 9. The lowest BCUT2D eigenvalue weighted by atomic mass is 9.74. The van der Waals surface area contributed by atoms with Crippen molar-refractivity contribution in [2.45, 2.75) is 31.6 Å². The van der Waals surface area contributed by atoms with E-state index < -0.39 is 0 Å². The van der Waals surface area contributed by atoms with E-state index in [1.165, 1.54) is 105 Å². The van der Waals surface area contributed by atoms with Gasteiger partial charge in [-0.1, -0.05) is 208 Å². The number of benzene rings is 11. The van der Waals surface area contributed by atoms with Crippen LogP contribution >= 0.6 is 0 Å². The van der Waals surface area contributed by atoms with Crippen LogP contribution in [0.4, 0.5) is 17.1 Å². The van der Waals surface area contributed by atoms with E-state index >= 15 is 0 Å². The molecule has 0 aromatic heterocycles. The Hall–Kier alpha value is -8.26. The highest BCUT2D eigenvalue weighted by Gasteiger charge is 2.41. The highest BCUT2D eigenvalue weighted by molar-refractivity contribution is 6.13. The Morgan fingerprint density at radius 1 is 0.294 bits per heavy atom. The molecule has 68 heavy (non-hydrogen) atoms. The van der Waals surface area contributed by atoms with Crippen molar-refractivity contribution in [2.75, 3.05) is 4.90 Å². The van der Waals surface area contributed by atoms with Crippen molar-refractivity contribution < 1.29 is 0 Å². The van der Waals surface area contributed by atoms with E-state index in [9.17, 15) is 0 Å². The average Bonchev–Trinajstić information content (AvgIpc) is 3.80. The van der Waals surface area contributed by atoms with E-state index in [4.69, 9.17) is 0 Å². The average molecular weight is 868 g/mol. The minimum atomic E-state index is -0.257. The standard InChI is InChI=1S/C67H49N/c1-66(2)62-29-13-11-26-58(62)60-28-16-27-54(65(60)66)47-18-15-21-52(41-47)68(51-38-33-45(34-39-51)61-42-48-17-7-8-22-53(48)55-23-9-10-24-56(55)61)50-36-31-44(32-37-50)46-35-40-59-57-25-12-14-30-63(57)67(3,64(59)43-46)49-19-5-4-6-20-49/h4-43H,1-3H3. The van der Waals surface area contributed by atoms with Gasteiger partial charge in [0.2, 0.25) is 0 Å². The van der Waals surface area contributed by atoms with Crippen LogP contribution < -0.4 is 4.90 Å². The van der Waals surface area contributed by atoms with Gasteiger partial charge in [-0.2, -0.15) is 0 Å². The van der Waals surface area contributed by atoms with Gasteiger partial charge in [-0.15, -0.1) is 0 Å². The monoisotopic (exact) mass is 867 g/mol. The quantitative estimate of drug-likeness (QED) is 0.144. The lowest BCUT2D eigenvalue weighted by Gasteiger charge is -2.29. The van der Waals surface area contributed by atoms with Crippen LogP contribution in [-0.2, 0) is 10.8 Å². The van der Waals surface area contributed by atoms with E-state index in [0.29, 0.717) is 0 Å². The van der Waals surface area contributed by atoms with Gasteiger partial charge in [-0.05, 0) is 160 Å². The SMILES string of the molecule is CC1(C)c2ccccc2-c2cccc(-c3cccc(N(c4ccc(-c5ccc6c(c5)C(C)(c5ccccc5)c5ccccc5-6)cc4)c4ccc(-c5cc6ccccc6c6ccccc56)cc4)c3)c21. The molecule has 0 radical (unpaired) electrons. The van der Waals surface area contributed by atoms with Crippen molar-refractivity contribution in [3.05, 3.63) is 270 Å². The molecule has 0 saturated carbocycles. The van der Waals surface area contributed by atoms with Gasteiger partial charge >= 0.3 is 0 Å². The van der Waals surface area contributed by atoms with Crippen molar-refractivity contribution in [3.63, 3.8) is 0 Å². The number of nitrogens with zero attached hydrogens (tertiary/aromatic N) is 1. The van der Waals surface area contributed by atoms with Crippen molar-refractivity contribution in [1.82, 2.24) is 0 Å². The summed E-state index contributed by atoms with van der Waals surface area (Å²) in [6.07, 6.45) is 0.